The lowest BCUT2D eigenvalue weighted by Crippen LogP contribution is -2.15. The van der Waals surface area contributed by atoms with Gasteiger partial charge in [-0.25, -0.2) is 4.39 Å². The summed E-state index contributed by atoms with van der Waals surface area (Å²) in [6, 6.07) is 9.61. The molecule has 2 rings (SSSR count). The second-order valence-electron chi connectivity index (χ2n) is 4.28. The SMILES string of the molecule is COCc1c(Br)cccc1NC(=O)c1cc(Br)ccc1F. The van der Waals surface area contributed by atoms with E-state index < -0.39 is 11.7 Å². The summed E-state index contributed by atoms with van der Waals surface area (Å²) in [5.41, 5.74) is 1.35. The van der Waals surface area contributed by atoms with E-state index in [1.165, 1.54) is 12.1 Å². The first-order valence-corrected chi connectivity index (χ1v) is 7.64. The summed E-state index contributed by atoms with van der Waals surface area (Å²) in [7, 11) is 1.57. The molecule has 0 spiro atoms. The van der Waals surface area contributed by atoms with Gasteiger partial charge >= 0.3 is 0 Å². The maximum absolute atomic E-state index is 13.7. The Balaban J connectivity index is 2.31. The number of benzene rings is 2. The van der Waals surface area contributed by atoms with E-state index in [1.807, 2.05) is 6.07 Å². The van der Waals surface area contributed by atoms with Gasteiger partial charge in [0.15, 0.2) is 0 Å². The second-order valence-corrected chi connectivity index (χ2v) is 6.05. The minimum atomic E-state index is -0.570. The van der Waals surface area contributed by atoms with Gasteiger partial charge < -0.3 is 10.1 Å². The normalized spacial score (nSPS) is 10.5. The summed E-state index contributed by atoms with van der Waals surface area (Å²) in [6.07, 6.45) is 0. The van der Waals surface area contributed by atoms with E-state index >= 15 is 0 Å². The third kappa shape index (κ3) is 3.90. The van der Waals surface area contributed by atoms with Gasteiger partial charge in [0.2, 0.25) is 0 Å². The van der Waals surface area contributed by atoms with Crippen LogP contribution in [0.4, 0.5) is 10.1 Å². The van der Waals surface area contributed by atoms with E-state index in [-0.39, 0.29) is 5.56 Å². The van der Waals surface area contributed by atoms with E-state index in [9.17, 15) is 9.18 Å². The number of methoxy groups -OCH3 is 1. The zero-order chi connectivity index (χ0) is 15.4. The van der Waals surface area contributed by atoms with Gasteiger partial charge in [0.25, 0.3) is 5.91 Å². The molecule has 0 fully saturated rings. The molecular weight excluding hydrogens is 405 g/mol. The summed E-state index contributed by atoms with van der Waals surface area (Å²) in [4.78, 5) is 12.2. The van der Waals surface area contributed by atoms with Crippen LogP contribution in [0.5, 0.6) is 0 Å². The fourth-order valence-corrected chi connectivity index (χ4v) is 2.67. The van der Waals surface area contributed by atoms with Gasteiger partial charge in [-0.1, -0.05) is 37.9 Å². The summed E-state index contributed by atoms with van der Waals surface area (Å²) >= 11 is 6.63. The molecule has 6 heteroatoms. The monoisotopic (exact) mass is 415 g/mol. The van der Waals surface area contributed by atoms with Crippen LogP contribution in [0.25, 0.3) is 0 Å². The third-order valence-corrected chi connectivity index (χ3v) is 4.06. The van der Waals surface area contributed by atoms with E-state index in [4.69, 9.17) is 4.74 Å². The highest BCUT2D eigenvalue weighted by Gasteiger charge is 2.15. The van der Waals surface area contributed by atoms with Crippen LogP contribution >= 0.6 is 31.9 Å². The van der Waals surface area contributed by atoms with Crippen molar-refractivity contribution in [3.05, 3.63) is 62.3 Å². The summed E-state index contributed by atoms with van der Waals surface area (Å²) < 4.78 is 20.3. The van der Waals surface area contributed by atoms with E-state index in [0.29, 0.717) is 16.8 Å². The van der Waals surface area contributed by atoms with Crippen molar-refractivity contribution < 1.29 is 13.9 Å². The molecule has 0 aliphatic carbocycles. The van der Waals surface area contributed by atoms with E-state index in [0.717, 1.165) is 10.0 Å². The fraction of sp³-hybridized carbons (Fsp3) is 0.133. The standard InChI is InChI=1S/C15H12Br2FNO2/c1-21-8-11-12(17)3-2-4-14(11)19-15(20)10-7-9(16)5-6-13(10)18/h2-7H,8H2,1H3,(H,19,20). The highest BCUT2D eigenvalue weighted by molar-refractivity contribution is 9.10. The molecule has 0 saturated heterocycles. The molecule has 110 valence electrons. The highest BCUT2D eigenvalue weighted by Crippen LogP contribution is 2.26. The first-order valence-electron chi connectivity index (χ1n) is 6.05. The molecule has 0 aromatic heterocycles. The van der Waals surface area contributed by atoms with Crippen LogP contribution in [0.2, 0.25) is 0 Å². The average Bonchev–Trinajstić information content (AvgIpc) is 2.45. The smallest absolute Gasteiger partial charge is 0.258 e. The Morgan fingerprint density at radius 3 is 2.76 bits per heavy atom. The molecule has 1 amide bonds. The molecule has 21 heavy (non-hydrogen) atoms. The van der Waals surface area contributed by atoms with Crippen molar-refractivity contribution in [1.29, 1.82) is 0 Å². The topological polar surface area (TPSA) is 38.3 Å². The zero-order valence-electron chi connectivity index (χ0n) is 11.1. The minimum absolute atomic E-state index is 0.0206. The Bertz CT molecular complexity index is 677. The molecule has 2 aromatic rings. The number of nitrogens with one attached hydrogen (secondary N) is 1. The second kappa shape index (κ2) is 7.15. The van der Waals surface area contributed by atoms with Gasteiger partial charge in [-0.2, -0.15) is 0 Å². The van der Waals surface area contributed by atoms with Crippen molar-refractivity contribution in [1.82, 2.24) is 0 Å². The summed E-state index contributed by atoms with van der Waals surface area (Å²) in [5.74, 6) is -1.08. The molecule has 0 saturated carbocycles. The van der Waals surface area contributed by atoms with Gasteiger partial charge in [-0.3, -0.25) is 4.79 Å². The number of anilines is 1. The third-order valence-electron chi connectivity index (χ3n) is 2.83. The molecular formula is C15H12Br2FNO2. The summed E-state index contributed by atoms with van der Waals surface area (Å²) in [6.45, 7) is 0.331. The van der Waals surface area contributed by atoms with Crippen LogP contribution in [0.1, 0.15) is 15.9 Å². The van der Waals surface area contributed by atoms with Crippen molar-refractivity contribution in [2.24, 2.45) is 0 Å². The van der Waals surface area contributed by atoms with Crippen molar-refractivity contribution in [3.63, 3.8) is 0 Å². The Hall–Kier alpha value is -1.24. The Labute approximate surface area is 138 Å². The molecule has 0 bridgehead atoms. The molecule has 0 heterocycles. The van der Waals surface area contributed by atoms with Gasteiger partial charge in [-0.05, 0) is 30.3 Å². The lowest BCUT2D eigenvalue weighted by atomic mass is 10.1. The number of rotatable bonds is 4. The zero-order valence-corrected chi connectivity index (χ0v) is 14.3. The molecule has 0 aliphatic heterocycles. The molecule has 0 unspecified atom stereocenters. The average molecular weight is 417 g/mol. The van der Waals surface area contributed by atoms with Crippen LogP contribution in [-0.2, 0) is 11.3 Å². The van der Waals surface area contributed by atoms with Crippen molar-refractivity contribution in [2.45, 2.75) is 6.61 Å². The number of halogens is 3. The maximum Gasteiger partial charge on any atom is 0.258 e. The Morgan fingerprint density at radius 2 is 2.05 bits per heavy atom. The van der Waals surface area contributed by atoms with Gasteiger partial charge in [0.05, 0.1) is 12.2 Å². The molecule has 0 atom stereocenters. The van der Waals surface area contributed by atoms with Gasteiger partial charge in [0, 0.05) is 27.3 Å². The highest BCUT2D eigenvalue weighted by atomic mass is 79.9. The predicted octanol–water partition coefficient (Wildman–Crippen LogP) is 4.75. The lowest BCUT2D eigenvalue weighted by molar-refractivity contribution is 0.102. The Kier molecular flexibility index (Phi) is 5.50. The molecule has 0 aliphatic rings. The van der Waals surface area contributed by atoms with Crippen LogP contribution in [0.15, 0.2) is 45.3 Å². The van der Waals surface area contributed by atoms with Crippen molar-refractivity contribution >= 4 is 43.5 Å². The largest absolute Gasteiger partial charge is 0.380 e. The first kappa shape index (κ1) is 16.1. The molecule has 0 radical (unpaired) electrons. The Morgan fingerprint density at radius 1 is 1.29 bits per heavy atom. The molecule has 2 aromatic carbocycles. The van der Waals surface area contributed by atoms with Crippen LogP contribution < -0.4 is 5.32 Å². The lowest BCUT2D eigenvalue weighted by Gasteiger charge is -2.12. The summed E-state index contributed by atoms with van der Waals surface area (Å²) in [5, 5.41) is 2.71. The number of ether oxygens (including phenoxy) is 1. The van der Waals surface area contributed by atoms with Gasteiger partial charge in [0.1, 0.15) is 5.82 Å². The number of carbonyl (C=O) groups is 1. The van der Waals surface area contributed by atoms with Crippen molar-refractivity contribution in [3.8, 4) is 0 Å². The fourth-order valence-electron chi connectivity index (χ4n) is 1.83. The minimum Gasteiger partial charge on any atom is -0.380 e. The van der Waals surface area contributed by atoms with Crippen LogP contribution in [-0.4, -0.2) is 13.0 Å². The van der Waals surface area contributed by atoms with Crippen LogP contribution in [0.3, 0.4) is 0 Å². The van der Waals surface area contributed by atoms with Crippen LogP contribution in [0, 0.1) is 5.82 Å². The first-order chi connectivity index (χ1) is 10.0. The maximum atomic E-state index is 13.7. The van der Waals surface area contributed by atoms with E-state index in [2.05, 4.69) is 37.2 Å². The quantitative estimate of drug-likeness (QED) is 0.780. The number of amides is 1. The number of hydrogen-bond donors (Lipinski definition) is 1. The predicted molar refractivity (Wildman–Crippen MR) is 86.9 cm³/mol. The number of carbonyl (C=O) groups excluding carboxylic acids is 1. The van der Waals surface area contributed by atoms with E-state index in [1.54, 1.807) is 25.3 Å². The molecule has 3 nitrogen and oxygen atoms in total. The molecule has 1 N–H and O–H groups in total. The van der Waals surface area contributed by atoms with Gasteiger partial charge in [-0.15, -0.1) is 0 Å². The number of hydrogen-bond acceptors (Lipinski definition) is 2. The van der Waals surface area contributed by atoms with Crippen molar-refractivity contribution in [2.75, 3.05) is 12.4 Å².